The zero-order valence-corrected chi connectivity index (χ0v) is 26.1. The molecule has 232 valence electrons. The molecule has 0 spiro atoms. The van der Waals surface area contributed by atoms with E-state index in [9.17, 15) is 9.59 Å². The Hall–Kier alpha value is -4.15. The SMILES string of the molecule is COC(=O)N[C@H](C(=O)N1CCCC1c1ncc(-c2ccc(-c3ccc(-c4cnc(C5CCCN5)[nH]4)cc3)cc2)[nH]1)C(C)C.Cl. The van der Waals surface area contributed by atoms with E-state index in [1.165, 1.54) is 13.5 Å². The number of alkyl carbamates (subject to hydrolysis) is 1. The Labute approximate surface area is 263 Å². The quantitative estimate of drug-likeness (QED) is 0.191. The molecule has 2 aliphatic rings. The minimum atomic E-state index is -0.657. The number of nitrogens with one attached hydrogen (secondary N) is 4. The number of hydrogen-bond donors (Lipinski definition) is 4. The van der Waals surface area contributed by atoms with Crippen molar-refractivity contribution < 1.29 is 14.3 Å². The summed E-state index contributed by atoms with van der Waals surface area (Å²) in [6.45, 7) is 5.50. The fourth-order valence-corrected chi connectivity index (χ4v) is 6.11. The highest BCUT2D eigenvalue weighted by Crippen LogP contribution is 2.33. The minimum absolute atomic E-state index is 0. The fourth-order valence-electron chi connectivity index (χ4n) is 6.11. The zero-order valence-electron chi connectivity index (χ0n) is 25.3. The molecule has 0 aliphatic carbocycles. The molecule has 2 aliphatic heterocycles. The number of ether oxygens (including phenoxy) is 1. The van der Waals surface area contributed by atoms with Crippen molar-refractivity contribution in [1.82, 2.24) is 35.5 Å². The summed E-state index contributed by atoms with van der Waals surface area (Å²) in [4.78, 5) is 43.3. The van der Waals surface area contributed by atoms with Gasteiger partial charge in [-0.05, 0) is 60.4 Å². The van der Waals surface area contributed by atoms with Gasteiger partial charge in [0.05, 0.1) is 43.0 Å². The Balaban J connectivity index is 0.00000384. The molecule has 4 heterocycles. The van der Waals surface area contributed by atoms with Crippen molar-refractivity contribution in [2.75, 3.05) is 20.2 Å². The van der Waals surface area contributed by atoms with Gasteiger partial charge < -0.3 is 30.2 Å². The van der Waals surface area contributed by atoms with Crippen LogP contribution >= 0.6 is 12.4 Å². The summed E-state index contributed by atoms with van der Waals surface area (Å²) in [6.07, 6.45) is 7.14. The van der Waals surface area contributed by atoms with Crippen LogP contribution in [0.5, 0.6) is 0 Å². The van der Waals surface area contributed by atoms with Crippen LogP contribution in [0.3, 0.4) is 0 Å². The van der Waals surface area contributed by atoms with E-state index in [0.29, 0.717) is 12.6 Å². The van der Waals surface area contributed by atoms with Crippen LogP contribution in [0.25, 0.3) is 33.6 Å². The Kier molecular flexibility index (Phi) is 9.71. The topological polar surface area (TPSA) is 128 Å². The van der Waals surface area contributed by atoms with Crippen LogP contribution in [0, 0.1) is 5.92 Å². The molecule has 2 saturated heterocycles. The summed E-state index contributed by atoms with van der Waals surface area (Å²) in [5.41, 5.74) is 6.33. The second kappa shape index (κ2) is 13.7. The predicted octanol–water partition coefficient (Wildman–Crippen LogP) is 6.02. The van der Waals surface area contributed by atoms with Crippen molar-refractivity contribution in [3.05, 3.63) is 72.6 Å². The molecule has 4 N–H and O–H groups in total. The van der Waals surface area contributed by atoms with Crippen molar-refractivity contribution in [3.8, 4) is 33.6 Å². The summed E-state index contributed by atoms with van der Waals surface area (Å²) in [5.74, 6) is 1.57. The highest BCUT2D eigenvalue weighted by atomic mass is 35.5. The number of likely N-dealkylation sites (tertiary alicyclic amines) is 1. The summed E-state index contributed by atoms with van der Waals surface area (Å²) in [6, 6.07) is 16.4. The molecule has 44 heavy (non-hydrogen) atoms. The lowest BCUT2D eigenvalue weighted by Crippen LogP contribution is -2.51. The van der Waals surface area contributed by atoms with E-state index < -0.39 is 12.1 Å². The van der Waals surface area contributed by atoms with Crippen LogP contribution in [0.1, 0.15) is 63.3 Å². The summed E-state index contributed by atoms with van der Waals surface area (Å²) in [7, 11) is 1.30. The first-order chi connectivity index (χ1) is 20.9. The standard InChI is InChI=1S/C33H39N7O3.ClH/c1-20(2)29(39-33(42)43-3)32(41)40-17-5-7-28(40)31-36-19-27(38-31)24-14-10-22(11-15-24)21-8-12-23(13-9-21)26-18-35-30(37-26)25-6-4-16-34-25;/h8-15,18-20,25,28-29,34H,4-7,16-17H2,1-3H3,(H,35,37)(H,36,38)(H,39,42);1H/t25?,28?,29-;/m0./s1. The number of aromatic nitrogens is 4. The van der Waals surface area contributed by atoms with Gasteiger partial charge in [0.2, 0.25) is 5.91 Å². The molecule has 2 amide bonds. The highest BCUT2D eigenvalue weighted by Gasteiger charge is 2.37. The molecule has 2 unspecified atom stereocenters. The molecular weight excluding hydrogens is 578 g/mol. The van der Waals surface area contributed by atoms with E-state index >= 15 is 0 Å². The number of hydrogen-bond acceptors (Lipinski definition) is 6. The molecule has 4 aromatic rings. The average molecular weight is 618 g/mol. The third kappa shape index (κ3) is 6.51. The molecule has 2 aromatic carbocycles. The fraction of sp³-hybridized carbons (Fsp3) is 0.394. The average Bonchev–Trinajstić information content (AvgIpc) is 3.86. The Morgan fingerprint density at radius 2 is 1.43 bits per heavy atom. The van der Waals surface area contributed by atoms with Crippen LogP contribution in [0.2, 0.25) is 0 Å². The number of carbonyl (C=O) groups is 2. The minimum Gasteiger partial charge on any atom is -0.453 e. The van der Waals surface area contributed by atoms with E-state index in [1.54, 1.807) is 0 Å². The van der Waals surface area contributed by atoms with Crippen LogP contribution in [0.15, 0.2) is 60.9 Å². The molecule has 10 nitrogen and oxygen atoms in total. The number of methoxy groups -OCH3 is 1. The van der Waals surface area contributed by atoms with Gasteiger partial charge in [-0.3, -0.25) is 4.79 Å². The number of carbonyl (C=O) groups excluding carboxylic acids is 2. The number of imidazole rings is 2. The molecule has 2 aromatic heterocycles. The van der Waals surface area contributed by atoms with Gasteiger partial charge in [0.25, 0.3) is 0 Å². The van der Waals surface area contributed by atoms with Gasteiger partial charge in [-0.2, -0.15) is 0 Å². The van der Waals surface area contributed by atoms with Crippen molar-refractivity contribution >= 4 is 24.4 Å². The molecule has 2 fully saturated rings. The molecule has 0 bridgehead atoms. The lowest BCUT2D eigenvalue weighted by atomic mass is 10.0. The zero-order chi connectivity index (χ0) is 29.9. The van der Waals surface area contributed by atoms with Crippen molar-refractivity contribution in [2.24, 2.45) is 5.92 Å². The van der Waals surface area contributed by atoms with Gasteiger partial charge in [0.15, 0.2) is 0 Å². The van der Waals surface area contributed by atoms with E-state index in [2.05, 4.69) is 79.1 Å². The van der Waals surface area contributed by atoms with Gasteiger partial charge in [-0.1, -0.05) is 62.4 Å². The smallest absolute Gasteiger partial charge is 0.407 e. The summed E-state index contributed by atoms with van der Waals surface area (Å²) < 4.78 is 4.74. The summed E-state index contributed by atoms with van der Waals surface area (Å²) in [5, 5.41) is 6.19. The van der Waals surface area contributed by atoms with Crippen molar-refractivity contribution in [1.29, 1.82) is 0 Å². The van der Waals surface area contributed by atoms with Gasteiger partial charge >= 0.3 is 6.09 Å². The van der Waals surface area contributed by atoms with E-state index in [1.807, 2.05) is 31.1 Å². The Morgan fingerprint density at radius 1 is 0.864 bits per heavy atom. The monoisotopic (exact) mass is 617 g/mol. The number of H-pyrrole nitrogens is 2. The molecule has 0 radical (unpaired) electrons. The molecule has 0 saturated carbocycles. The lowest BCUT2D eigenvalue weighted by molar-refractivity contribution is -0.135. The number of rotatable bonds is 8. The first-order valence-electron chi connectivity index (χ1n) is 15.1. The number of halogens is 1. The maximum absolute atomic E-state index is 13.4. The largest absolute Gasteiger partial charge is 0.453 e. The third-order valence-electron chi connectivity index (χ3n) is 8.55. The number of amides is 2. The van der Waals surface area contributed by atoms with Crippen molar-refractivity contribution in [2.45, 2.75) is 57.7 Å². The maximum atomic E-state index is 13.4. The Morgan fingerprint density at radius 3 is 1.98 bits per heavy atom. The second-order valence-corrected chi connectivity index (χ2v) is 11.7. The molecule has 11 heteroatoms. The third-order valence-corrected chi connectivity index (χ3v) is 8.55. The number of aromatic amines is 2. The van der Waals surface area contributed by atoms with Crippen LogP contribution in [0.4, 0.5) is 4.79 Å². The van der Waals surface area contributed by atoms with E-state index in [-0.39, 0.29) is 30.3 Å². The van der Waals surface area contributed by atoms with Gasteiger partial charge in [0.1, 0.15) is 17.7 Å². The predicted molar refractivity (Wildman–Crippen MR) is 172 cm³/mol. The normalized spacial score (nSPS) is 18.7. The highest BCUT2D eigenvalue weighted by molar-refractivity contribution is 5.86. The van der Waals surface area contributed by atoms with Gasteiger partial charge in [0, 0.05) is 6.54 Å². The maximum Gasteiger partial charge on any atom is 0.407 e. The van der Waals surface area contributed by atoms with E-state index in [0.717, 1.165) is 71.1 Å². The van der Waals surface area contributed by atoms with Crippen LogP contribution in [-0.4, -0.2) is 63.1 Å². The van der Waals surface area contributed by atoms with Gasteiger partial charge in [-0.15, -0.1) is 12.4 Å². The first-order valence-corrected chi connectivity index (χ1v) is 15.1. The first kappa shape index (κ1) is 31.3. The molecular formula is C33H40ClN7O3. The molecule has 3 atom stereocenters. The number of nitrogens with zero attached hydrogens (tertiary/aromatic N) is 3. The van der Waals surface area contributed by atoms with Crippen LogP contribution < -0.4 is 10.6 Å². The van der Waals surface area contributed by atoms with Gasteiger partial charge in [-0.25, -0.2) is 14.8 Å². The van der Waals surface area contributed by atoms with E-state index in [4.69, 9.17) is 4.74 Å². The van der Waals surface area contributed by atoms with Crippen LogP contribution in [-0.2, 0) is 9.53 Å². The lowest BCUT2D eigenvalue weighted by Gasteiger charge is -2.30. The second-order valence-electron chi connectivity index (χ2n) is 11.7. The van der Waals surface area contributed by atoms with Crippen molar-refractivity contribution in [3.63, 3.8) is 0 Å². The Bertz CT molecular complexity index is 1560. The number of benzene rings is 2. The molecule has 6 rings (SSSR count). The summed E-state index contributed by atoms with van der Waals surface area (Å²) >= 11 is 0.